The molecule has 9 heteroatoms. The predicted octanol–water partition coefficient (Wildman–Crippen LogP) is 3.88. The normalized spacial score (nSPS) is 12.0. The minimum atomic E-state index is -0.872. The number of aryl methyl sites for hydroxylation is 2. The topological polar surface area (TPSA) is 99.2 Å². The number of rotatable bonds is 7. The second-order valence-electron chi connectivity index (χ2n) is 7.89. The molecule has 0 saturated carbocycles. The van der Waals surface area contributed by atoms with Crippen molar-refractivity contribution in [3.63, 3.8) is 0 Å². The molecule has 0 bridgehead atoms. The lowest BCUT2D eigenvalue weighted by molar-refractivity contribution is 0.0962. The Balaban J connectivity index is 1.62. The molecule has 0 aliphatic rings. The van der Waals surface area contributed by atoms with Gasteiger partial charge in [-0.3, -0.25) is 9.48 Å². The van der Waals surface area contributed by atoms with Gasteiger partial charge in [0.15, 0.2) is 0 Å². The summed E-state index contributed by atoms with van der Waals surface area (Å²) < 4.78 is 8.65. The first-order valence-corrected chi connectivity index (χ1v) is 10.8. The van der Waals surface area contributed by atoms with Crippen LogP contribution in [0.5, 0.6) is 5.88 Å². The van der Waals surface area contributed by atoms with E-state index in [1.807, 2.05) is 73.9 Å². The van der Waals surface area contributed by atoms with Crippen LogP contribution >= 0.6 is 0 Å². The van der Waals surface area contributed by atoms with Gasteiger partial charge in [0.25, 0.3) is 0 Å². The molecule has 0 fully saturated rings. The van der Waals surface area contributed by atoms with E-state index >= 15 is 0 Å². The summed E-state index contributed by atoms with van der Waals surface area (Å²) in [6.07, 6.45) is 3.68. The van der Waals surface area contributed by atoms with E-state index in [1.165, 1.54) is 7.11 Å². The van der Waals surface area contributed by atoms with Crippen molar-refractivity contribution in [2.75, 3.05) is 12.4 Å². The van der Waals surface area contributed by atoms with E-state index < -0.39 is 6.04 Å². The molecular formula is C25H23N7O2. The molecule has 34 heavy (non-hydrogen) atoms. The Morgan fingerprint density at radius 1 is 1.03 bits per heavy atom. The molecule has 1 atom stereocenters. The average Bonchev–Trinajstić information content (AvgIpc) is 3.46. The summed E-state index contributed by atoms with van der Waals surface area (Å²) in [5.74, 6) is 0.426. The highest BCUT2D eigenvalue weighted by Crippen LogP contribution is 2.29. The minimum Gasteiger partial charge on any atom is -0.481 e. The Morgan fingerprint density at radius 2 is 1.82 bits per heavy atom. The number of benzene rings is 1. The van der Waals surface area contributed by atoms with E-state index in [0.717, 1.165) is 16.6 Å². The second kappa shape index (κ2) is 8.78. The molecule has 5 rings (SSSR count). The molecule has 1 aromatic carbocycles. The zero-order chi connectivity index (χ0) is 23.7. The number of aromatic nitrogens is 6. The van der Waals surface area contributed by atoms with Gasteiger partial charge >= 0.3 is 0 Å². The largest absolute Gasteiger partial charge is 0.481 e. The number of carbonyl (C=O) groups is 1. The van der Waals surface area contributed by atoms with Crippen LogP contribution in [0.2, 0.25) is 0 Å². The highest BCUT2D eigenvalue weighted by Gasteiger charge is 2.30. The van der Waals surface area contributed by atoms with E-state index in [4.69, 9.17) is 4.74 Å². The third kappa shape index (κ3) is 4.11. The maximum absolute atomic E-state index is 14.0. The van der Waals surface area contributed by atoms with Gasteiger partial charge in [0, 0.05) is 36.8 Å². The molecule has 170 valence electrons. The number of nitrogens with one attached hydrogen (secondary N) is 1. The fraction of sp³-hybridized carbons (Fsp3) is 0.160. The van der Waals surface area contributed by atoms with Gasteiger partial charge < -0.3 is 10.1 Å². The first-order valence-electron chi connectivity index (χ1n) is 10.8. The average molecular weight is 454 g/mol. The Morgan fingerprint density at radius 3 is 2.59 bits per heavy atom. The number of methoxy groups -OCH3 is 1. The minimum absolute atomic E-state index is 0.244. The van der Waals surface area contributed by atoms with Gasteiger partial charge in [-0.25, -0.2) is 9.50 Å². The third-order valence-corrected chi connectivity index (χ3v) is 5.41. The van der Waals surface area contributed by atoms with Gasteiger partial charge in [-0.1, -0.05) is 36.4 Å². The quantitative estimate of drug-likeness (QED) is 0.373. The van der Waals surface area contributed by atoms with E-state index in [9.17, 15) is 4.79 Å². The van der Waals surface area contributed by atoms with Crippen molar-refractivity contribution in [3.05, 3.63) is 90.1 Å². The highest BCUT2D eigenvalue weighted by atomic mass is 16.5. The molecule has 1 unspecified atom stereocenters. The number of carbonyl (C=O) groups excluding carboxylic acids is 1. The number of hydrogen-bond acceptors (Lipinski definition) is 7. The lowest BCUT2D eigenvalue weighted by Crippen LogP contribution is -2.24. The van der Waals surface area contributed by atoms with Gasteiger partial charge in [0.1, 0.15) is 11.7 Å². The summed E-state index contributed by atoms with van der Waals surface area (Å²) in [6.45, 7) is 1.84. The zero-order valence-electron chi connectivity index (χ0n) is 19.0. The Bertz CT molecular complexity index is 1440. The number of pyridine rings is 1. The lowest BCUT2D eigenvalue weighted by Gasteiger charge is -2.16. The number of nitrogens with zero attached hydrogens (tertiary/aromatic N) is 6. The molecule has 5 aromatic rings. The van der Waals surface area contributed by atoms with Gasteiger partial charge in [0.05, 0.1) is 18.3 Å². The van der Waals surface area contributed by atoms with Crippen LogP contribution in [0.15, 0.2) is 73.1 Å². The third-order valence-electron chi connectivity index (χ3n) is 5.41. The summed E-state index contributed by atoms with van der Waals surface area (Å²) in [5, 5.41) is 12.3. The summed E-state index contributed by atoms with van der Waals surface area (Å²) in [6, 6.07) is 18.2. The summed E-state index contributed by atoms with van der Waals surface area (Å²) in [4.78, 5) is 22.8. The number of Topliss-reactive ketones (excluding diaryl/α,β-unsaturated/α-hetero) is 1. The van der Waals surface area contributed by atoms with Crippen LogP contribution in [0.25, 0.3) is 16.6 Å². The number of fused-ring (bicyclic) bond motifs is 1. The predicted molar refractivity (Wildman–Crippen MR) is 128 cm³/mol. The molecule has 9 nitrogen and oxygen atoms in total. The smallest absolute Gasteiger partial charge is 0.227 e. The van der Waals surface area contributed by atoms with Gasteiger partial charge in [-0.2, -0.15) is 15.2 Å². The SMILES string of the molecule is COc1cc(C)nc(NC(C(=O)c2nn(C)cc2-c2ccccc2)c2cc3ccccn3n2)n1. The van der Waals surface area contributed by atoms with Crippen molar-refractivity contribution in [3.8, 4) is 17.0 Å². The maximum Gasteiger partial charge on any atom is 0.227 e. The molecule has 4 aromatic heterocycles. The summed E-state index contributed by atoms with van der Waals surface area (Å²) in [7, 11) is 3.33. The van der Waals surface area contributed by atoms with Crippen LogP contribution < -0.4 is 10.1 Å². The molecule has 0 radical (unpaired) electrons. The van der Waals surface area contributed by atoms with Crippen molar-refractivity contribution < 1.29 is 9.53 Å². The van der Waals surface area contributed by atoms with Crippen LogP contribution in [0.3, 0.4) is 0 Å². The Labute approximate surface area is 196 Å². The van der Waals surface area contributed by atoms with Gasteiger partial charge in [0.2, 0.25) is 17.6 Å². The summed E-state index contributed by atoms with van der Waals surface area (Å²) >= 11 is 0. The Hall–Kier alpha value is -4.53. The standard InChI is InChI=1S/C25H23N7O2/c1-16-13-21(34-3)27-25(26-16)28-23(20-14-18-11-7-8-12-32(18)29-20)24(33)22-19(15-31(2)30-22)17-9-5-4-6-10-17/h4-15,23H,1-3H3,(H,26,27,28). The first kappa shape index (κ1) is 21.3. The Kier molecular flexibility index (Phi) is 5.51. The number of hydrogen-bond donors (Lipinski definition) is 1. The van der Waals surface area contributed by atoms with Crippen LogP contribution in [0, 0.1) is 6.92 Å². The molecule has 0 aliphatic heterocycles. The number of ketones is 1. The zero-order valence-corrected chi connectivity index (χ0v) is 19.0. The molecule has 0 saturated heterocycles. The van der Waals surface area contributed by atoms with Crippen LogP contribution in [-0.2, 0) is 7.05 Å². The second-order valence-corrected chi connectivity index (χ2v) is 7.89. The van der Waals surface area contributed by atoms with E-state index in [1.54, 1.807) is 22.3 Å². The van der Waals surface area contributed by atoms with Crippen molar-refractivity contribution in [2.45, 2.75) is 13.0 Å². The van der Waals surface area contributed by atoms with Crippen LogP contribution in [0.4, 0.5) is 5.95 Å². The van der Waals surface area contributed by atoms with Crippen molar-refractivity contribution in [1.29, 1.82) is 0 Å². The monoisotopic (exact) mass is 453 g/mol. The lowest BCUT2D eigenvalue weighted by atomic mass is 9.99. The molecular weight excluding hydrogens is 430 g/mol. The van der Waals surface area contributed by atoms with Crippen molar-refractivity contribution >= 4 is 17.2 Å². The van der Waals surface area contributed by atoms with Crippen LogP contribution in [0.1, 0.15) is 27.9 Å². The van der Waals surface area contributed by atoms with Gasteiger partial charge in [-0.05, 0) is 30.7 Å². The number of anilines is 1. The van der Waals surface area contributed by atoms with Gasteiger partial charge in [-0.15, -0.1) is 0 Å². The highest BCUT2D eigenvalue weighted by molar-refractivity contribution is 6.05. The van der Waals surface area contributed by atoms with Crippen LogP contribution in [-0.4, -0.2) is 42.3 Å². The maximum atomic E-state index is 14.0. The van der Waals surface area contributed by atoms with Crippen molar-refractivity contribution in [1.82, 2.24) is 29.4 Å². The molecule has 1 N–H and O–H groups in total. The van der Waals surface area contributed by atoms with E-state index in [-0.39, 0.29) is 11.7 Å². The molecule has 0 amide bonds. The fourth-order valence-corrected chi connectivity index (χ4v) is 3.85. The molecule has 4 heterocycles. The molecule has 0 aliphatic carbocycles. The first-order chi connectivity index (χ1) is 16.5. The summed E-state index contributed by atoms with van der Waals surface area (Å²) in [5.41, 5.74) is 4.09. The molecule has 0 spiro atoms. The fourth-order valence-electron chi connectivity index (χ4n) is 3.85. The number of ether oxygens (including phenoxy) is 1. The van der Waals surface area contributed by atoms with E-state index in [2.05, 4.69) is 25.5 Å². The van der Waals surface area contributed by atoms with Crippen molar-refractivity contribution in [2.24, 2.45) is 7.05 Å². The van der Waals surface area contributed by atoms with E-state index in [0.29, 0.717) is 23.0 Å².